The molecule has 5 rings (SSSR count). The highest BCUT2D eigenvalue weighted by Crippen LogP contribution is 2.44. The van der Waals surface area contributed by atoms with Crippen molar-refractivity contribution in [1.29, 1.82) is 5.26 Å². The summed E-state index contributed by atoms with van der Waals surface area (Å²) in [6, 6.07) is 15.4. The zero-order chi connectivity index (χ0) is 34.5. The lowest BCUT2D eigenvalue weighted by molar-refractivity contribution is 0.472. The van der Waals surface area contributed by atoms with Crippen molar-refractivity contribution in [1.82, 2.24) is 0 Å². The van der Waals surface area contributed by atoms with Gasteiger partial charge in [-0.25, -0.2) is 0 Å². The molecule has 0 aromatic heterocycles. The number of hydrogen-bond donors (Lipinski definition) is 5. The molecule has 0 aliphatic rings. The molecule has 0 spiro atoms. The van der Waals surface area contributed by atoms with Gasteiger partial charge in [0.15, 0.2) is 5.75 Å². The molecule has 240 valence electrons. The minimum absolute atomic E-state index is 0.0348. The van der Waals surface area contributed by atoms with E-state index >= 15 is 0 Å². The molecule has 0 aliphatic carbocycles. The smallest absolute Gasteiger partial charge is 0.296 e. The molecule has 5 aromatic carbocycles. The summed E-state index contributed by atoms with van der Waals surface area (Å²) in [5, 5.41) is 36.1. The summed E-state index contributed by atoms with van der Waals surface area (Å²) in [7, 11) is -14.7. The number of azo groups is 2. The van der Waals surface area contributed by atoms with Crippen LogP contribution in [0.2, 0.25) is 0 Å². The zero-order valence-corrected chi connectivity index (χ0v) is 26.1. The predicted molar refractivity (Wildman–Crippen MR) is 168 cm³/mol. The summed E-state index contributed by atoms with van der Waals surface area (Å²) in [6.45, 7) is 1.72. The van der Waals surface area contributed by atoms with Crippen molar-refractivity contribution in [3.05, 3.63) is 77.9 Å². The first kappa shape index (κ1) is 33.0. The van der Waals surface area contributed by atoms with Crippen LogP contribution in [-0.4, -0.2) is 44.0 Å². The minimum atomic E-state index is -5.14. The number of benzene rings is 5. The minimum Gasteiger partial charge on any atom is -0.505 e. The number of aromatic hydroxyl groups is 1. The maximum atomic E-state index is 12.3. The third kappa shape index (κ3) is 6.63. The van der Waals surface area contributed by atoms with Gasteiger partial charge in [0.2, 0.25) is 0 Å². The second kappa shape index (κ2) is 11.8. The number of nitrogens with two attached hydrogens (primary N) is 1. The van der Waals surface area contributed by atoms with Crippen LogP contribution < -0.4 is 5.73 Å². The molecule has 0 aliphatic heterocycles. The van der Waals surface area contributed by atoms with E-state index in [2.05, 4.69) is 20.5 Å². The summed E-state index contributed by atoms with van der Waals surface area (Å²) in [5.41, 5.74) is 6.03. The lowest BCUT2D eigenvalue weighted by Crippen LogP contribution is -2.04. The maximum absolute atomic E-state index is 12.3. The molecule has 5 aromatic rings. The van der Waals surface area contributed by atoms with Gasteiger partial charge in [-0.1, -0.05) is 6.07 Å². The number of aryl methyl sites for hydroxylation is 1. The maximum Gasteiger partial charge on any atom is 0.296 e. The molecule has 6 N–H and O–H groups in total. The summed E-state index contributed by atoms with van der Waals surface area (Å²) in [6.07, 6.45) is 0. The average molecular weight is 697 g/mol. The average Bonchev–Trinajstić information content (AvgIpc) is 2.98. The van der Waals surface area contributed by atoms with Gasteiger partial charge in [0.25, 0.3) is 30.4 Å². The Labute approximate surface area is 266 Å². The summed E-state index contributed by atoms with van der Waals surface area (Å²) >= 11 is 0. The van der Waals surface area contributed by atoms with Crippen molar-refractivity contribution in [2.75, 3.05) is 5.73 Å². The van der Waals surface area contributed by atoms with Gasteiger partial charge in [0, 0.05) is 16.2 Å². The number of anilines is 1. The number of fused-ring (bicyclic) bond motifs is 2. The van der Waals surface area contributed by atoms with E-state index in [0.717, 1.165) is 30.3 Å². The number of nitrogens with zero attached hydrogens (tertiary/aromatic N) is 5. The molecule has 0 fully saturated rings. The Balaban J connectivity index is 1.71. The lowest BCUT2D eigenvalue weighted by atomic mass is 10.1. The van der Waals surface area contributed by atoms with E-state index in [1.807, 2.05) is 6.07 Å². The summed E-state index contributed by atoms with van der Waals surface area (Å²) < 4.78 is 101. The summed E-state index contributed by atoms with van der Waals surface area (Å²) in [5.74, 6) is -0.890. The highest BCUT2D eigenvalue weighted by Gasteiger charge is 2.25. The molecule has 0 atom stereocenters. The number of phenols is 1. The zero-order valence-electron chi connectivity index (χ0n) is 23.6. The highest BCUT2D eigenvalue weighted by molar-refractivity contribution is 7.86. The standard InChI is InChI=1S/C28H20N6O10S3/c1-14-8-15(13-29)2-5-22(14)31-32-23-6-7-24(20-11-17(45(36,37)38)3-4-18(20)23)33-34-27-26(47(42,43)44)10-16-9-25(46(39,40)41)21(30)12-19(16)28(27)35/h2-12,35H,30H2,1H3,(H,36,37,38)(H,39,40,41)(H,42,43,44). The first-order valence-electron chi connectivity index (χ1n) is 12.8. The number of nitriles is 1. The number of rotatable bonds is 7. The van der Waals surface area contributed by atoms with Crippen LogP contribution in [0.25, 0.3) is 21.5 Å². The molecule has 0 bridgehead atoms. The van der Waals surface area contributed by atoms with E-state index < -0.39 is 62.2 Å². The monoisotopic (exact) mass is 696 g/mol. The molecule has 0 saturated carbocycles. The second-order valence-corrected chi connectivity index (χ2v) is 14.1. The molecule has 16 nitrogen and oxygen atoms in total. The van der Waals surface area contributed by atoms with Crippen molar-refractivity contribution in [2.45, 2.75) is 21.6 Å². The molecule has 0 saturated heterocycles. The molecule has 0 radical (unpaired) electrons. The van der Waals surface area contributed by atoms with Crippen LogP contribution in [0, 0.1) is 18.3 Å². The largest absolute Gasteiger partial charge is 0.505 e. The van der Waals surface area contributed by atoms with Crippen LogP contribution in [-0.2, 0) is 30.4 Å². The van der Waals surface area contributed by atoms with E-state index in [1.54, 1.807) is 25.1 Å². The van der Waals surface area contributed by atoms with E-state index in [0.29, 0.717) is 16.8 Å². The highest BCUT2D eigenvalue weighted by atomic mass is 32.2. The van der Waals surface area contributed by atoms with Crippen molar-refractivity contribution in [2.24, 2.45) is 20.5 Å². The molecule has 0 amide bonds. The van der Waals surface area contributed by atoms with Gasteiger partial charge < -0.3 is 10.8 Å². The van der Waals surface area contributed by atoms with Gasteiger partial charge >= 0.3 is 0 Å². The van der Waals surface area contributed by atoms with Gasteiger partial charge in [0.1, 0.15) is 15.5 Å². The quantitative estimate of drug-likeness (QED) is 0.0740. The van der Waals surface area contributed by atoms with Crippen molar-refractivity contribution in [3.63, 3.8) is 0 Å². The fourth-order valence-corrected chi connectivity index (χ4v) is 6.38. The van der Waals surface area contributed by atoms with Crippen LogP contribution in [0.5, 0.6) is 5.75 Å². The molecule has 19 heteroatoms. The fraction of sp³-hybridized carbons (Fsp3) is 0.0357. The fourth-order valence-electron chi connectivity index (χ4n) is 4.59. The molecule has 0 unspecified atom stereocenters. The van der Waals surface area contributed by atoms with Gasteiger partial charge in [-0.05, 0) is 78.5 Å². The SMILES string of the molecule is Cc1cc(C#N)ccc1N=Nc1ccc(N=Nc2c(S(=O)(=O)O)cc3cc(S(=O)(=O)O)c(N)cc3c2O)c2cc(S(=O)(=O)O)ccc12. The van der Waals surface area contributed by atoms with Crippen LogP contribution in [0.4, 0.5) is 28.4 Å². The summed E-state index contributed by atoms with van der Waals surface area (Å²) in [4.78, 5) is -2.31. The van der Waals surface area contributed by atoms with Crippen LogP contribution in [0.15, 0.2) is 102 Å². The van der Waals surface area contributed by atoms with E-state index in [9.17, 15) is 44.0 Å². The van der Waals surface area contributed by atoms with Crippen molar-refractivity contribution < 1.29 is 44.0 Å². The van der Waals surface area contributed by atoms with Gasteiger partial charge in [0.05, 0.1) is 39.3 Å². The molecule has 0 heterocycles. The third-order valence-electron chi connectivity index (χ3n) is 6.83. The Bertz CT molecular complexity index is 2600. The first-order chi connectivity index (χ1) is 21.9. The van der Waals surface area contributed by atoms with Gasteiger partial charge in [-0.3, -0.25) is 13.7 Å². The van der Waals surface area contributed by atoms with Crippen LogP contribution in [0.1, 0.15) is 11.1 Å². The van der Waals surface area contributed by atoms with Crippen LogP contribution in [0.3, 0.4) is 0 Å². The third-order valence-corrected chi connectivity index (χ3v) is 9.45. The van der Waals surface area contributed by atoms with Crippen molar-refractivity contribution >= 4 is 80.3 Å². The lowest BCUT2D eigenvalue weighted by Gasteiger charge is -2.11. The van der Waals surface area contributed by atoms with E-state index in [4.69, 9.17) is 11.0 Å². The Morgan fingerprint density at radius 2 is 1.23 bits per heavy atom. The molecular weight excluding hydrogens is 677 g/mol. The second-order valence-electron chi connectivity index (χ2n) is 9.93. The van der Waals surface area contributed by atoms with E-state index in [-0.39, 0.29) is 32.9 Å². The Morgan fingerprint density at radius 1 is 0.660 bits per heavy atom. The van der Waals surface area contributed by atoms with Gasteiger partial charge in [-0.15, -0.1) is 15.3 Å². The van der Waals surface area contributed by atoms with E-state index in [1.165, 1.54) is 18.2 Å². The Kier molecular flexibility index (Phi) is 8.27. The Morgan fingerprint density at radius 3 is 1.83 bits per heavy atom. The number of phenolic OH excluding ortho intramolecular Hbond substituents is 1. The van der Waals surface area contributed by atoms with Crippen molar-refractivity contribution in [3.8, 4) is 11.8 Å². The number of hydrogen-bond acceptors (Lipinski definition) is 13. The molecular formula is C28H20N6O10S3. The van der Waals surface area contributed by atoms with Crippen LogP contribution >= 0.6 is 0 Å². The first-order valence-corrected chi connectivity index (χ1v) is 17.1. The predicted octanol–water partition coefficient (Wildman–Crippen LogP) is 6.03. The Hall–Kier alpha value is -5.36. The molecule has 47 heavy (non-hydrogen) atoms. The normalized spacial score (nSPS) is 12.7. The number of nitrogen functional groups attached to an aromatic ring is 1. The topological polar surface area (TPSA) is 283 Å². The van der Waals surface area contributed by atoms with Gasteiger partial charge in [-0.2, -0.15) is 35.6 Å².